The van der Waals surface area contributed by atoms with Crippen LogP contribution in [0, 0.1) is 0 Å². The number of hydrogen-bond donors (Lipinski definition) is 1. The van der Waals surface area contributed by atoms with Crippen LogP contribution in [0.1, 0.15) is 50.6 Å². The molecule has 1 saturated carbocycles. The highest BCUT2D eigenvalue weighted by molar-refractivity contribution is 9.10. The molecule has 1 aromatic heterocycles. The summed E-state index contributed by atoms with van der Waals surface area (Å²) in [6.45, 7) is 5.27. The monoisotopic (exact) mass is 356 g/mol. The molecule has 0 aliphatic heterocycles. The van der Waals surface area contributed by atoms with Crippen molar-refractivity contribution in [3.8, 4) is 0 Å². The smallest absolute Gasteiger partial charge is 0.0635 e. The highest BCUT2D eigenvalue weighted by Crippen LogP contribution is 2.35. The van der Waals surface area contributed by atoms with E-state index in [-0.39, 0.29) is 0 Å². The summed E-state index contributed by atoms with van der Waals surface area (Å²) in [7, 11) is 4.23. The van der Waals surface area contributed by atoms with Crippen LogP contribution >= 0.6 is 15.9 Å². The van der Waals surface area contributed by atoms with Crippen LogP contribution in [0.25, 0.3) is 0 Å². The van der Waals surface area contributed by atoms with E-state index in [1.165, 1.54) is 42.3 Å². The van der Waals surface area contributed by atoms with Gasteiger partial charge in [0, 0.05) is 18.5 Å². The first kappa shape index (κ1) is 17.0. The Morgan fingerprint density at radius 3 is 2.86 bits per heavy atom. The van der Waals surface area contributed by atoms with Crippen LogP contribution in [0.2, 0.25) is 0 Å². The van der Waals surface area contributed by atoms with Gasteiger partial charge in [0.2, 0.25) is 0 Å². The second-order valence-electron chi connectivity index (χ2n) is 6.38. The van der Waals surface area contributed by atoms with E-state index in [4.69, 9.17) is 0 Å². The molecular weight excluding hydrogens is 328 g/mol. The molecule has 1 heterocycles. The van der Waals surface area contributed by atoms with Crippen LogP contribution in [-0.2, 0) is 6.54 Å². The number of hydrogen-bond acceptors (Lipinski definition) is 3. The lowest BCUT2D eigenvalue weighted by molar-refractivity contribution is 0.360. The summed E-state index contributed by atoms with van der Waals surface area (Å²) in [5.41, 5.74) is 1.40. The number of rotatable bonds is 6. The van der Waals surface area contributed by atoms with Gasteiger partial charge in [0.25, 0.3) is 0 Å². The van der Waals surface area contributed by atoms with E-state index >= 15 is 0 Å². The number of nitrogens with one attached hydrogen (secondary N) is 1. The van der Waals surface area contributed by atoms with Gasteiger partial charge >= 0.3 is 0 Å². The molecule has 0 radical (unpaired) electrons. The highest BCUT2D eigenvalue weighted by Gasteiger charge is 2.25. The predicted molar refractivity (Wildman–Crippen MR) is 91.8 cm³/mol. The molecule has 120 valence electrons. The Hall–Kier alpha value is -0.390. The van der Waals surface area contributed by atoms with Crippen molar-refractivity contribution < 1.29 is 0 Å². The summed E-state index contributed by atoms with van der Waals surface area (Å²) >= 11 is 3.73. The molecule has 4 nitrogen and oxygen atoms in total. The van der Waals surface area contributed by atoms with E-state index in [0.717, 1.165) is 19.6 Å². The third-order valence-corrected chi connectivity index (χ3v) is 5.01. The standard InChI is InChI=1S/C16H29BrN4/c1-4-18-14-8-6-5-7-13(11-14)16-15(17)12-19-21(16)10-9-20(2)3/h12-14,18H,4-11H2,1-3H3. The number of likely N-dealkylation sites (N-methyl/N-ethyl adjacent to an activating group) is 1. The topological polar surface area (TPSA) is 33.1 Å². The molecule has 2 unspecified atom stereocenters. The minimum Gasteiger partial charge on any atom is -0.314 e. The largest absolute Gasteiger partial charge is 0.314 e. The first-order valence-corrected chi connectivity index (χ1v) is 9.00. The Morgan fingerprint density at radius 2 is 2.14 bits per heavy atom. The Labute approximate surface area is 137 Å². The van der Waals surface area contributed by atoms with Gasteiger partial charge in [0.15, 0.2) is 0 Å². The van der Waals surface area contributed by atoms with Crippen molar-refractivity contribution in [3.05, 3.63) is 16.4 Å². The van der Waals surface area contributed by atoms with Gasteiger partial charge in [-0.05, 0) is 55.8 Å². The second-order valence-corrected chi connectivity index (χ2v) is 7.23. The first-order chi connectivity index (χ1) is 10.1. The zero-order valence-electron chi connectivity index (χ0n) is 13.6. The summed E-state index contributed by atoms with van der Waals surface area (Å²) in [5.74, 6) is 0.621. The van der Waals surface area contributed by atoms with Crippen LogP contribution in [0.15, 0.2) is 10.7 Å². The molecule has 0 amide bonds. The molecule has 1 aliphatic carbocycles. The summed E-state index contributed by atoms with van der Waals surface area (Å²) in [6.07, 6.45) is 8.48. The molecule has 1 fully saturated rings. The Balaban J connectivity index is 2.12. The van der Waals surface area contributed by atoms with Crippen molar-refractivity contribution in [1.82, 2.24) is 20.0 Å². The molecule has 1 N–H and O–H groups in total. The minimum absolute atomic E-state index is 0.621. The fraction of sp³-hybridized carbons (Fsp3) is 0.812. The average molecular weight is 357 g/mol. The maximum absolute atomic E-state index is 4.59. The molecule has 0 spiro atoms. The molecule has 5 heteroatoms. The zero-order chi connectivity index (χ0) is 15.2. The van der Waals surface area contributed by atoms with Crippen LogP contribution in [0.5, 0.6) is 0 Å². The lowest BCUT2D eigenvalue weighted by Crippen LogP contribution is -2.30. The van der Waals surface area contributed by atoms with E-state index in [2.05, 4.69) is 56.9 Å². The summed E-state index contributed by atoms with van der Waals surface area (Å²) in [4.78, 5) is 2.22. The number of aromatic nitrogens is 2. The summed E-state index contributed by atoms with van der Waals surface area (Å²) in [5, 5.41) is 8.24. The Kier molecular flexibility index (Phi) is 6.71. The average Bonchev–Trinajstić information content (AvgIpc) is 2.66. The second kappa shape index (κ2) is 8.30. The van der Waals surface area contributed by atoms with Gasteiger partial charge in [-0.3, -0.25) is 4.68 Å². The third-order valence-electron chi connectivity index (χ3n) is 4.40. The van der Waals surface area contributed by atoms with Gasteiger partial charge in [-0.15, -0.1) is 0 Å². The van der Waals surface area contributed by atoms with Gasteiger partial charge in [0.05, 0.1) is 22.9 Å². The van der Waals surface area contributed by atoms with Gasteiger partial charge in [0.1, 0.15) is 0 Å². The van der Waals surface area contributed by atoms with E-state index in [1.807, 2.05) is 6.20 Å². The third kappa shape index (κ3) is 4.80. The Bertz CT molecular complexity index is 430. The summed E-state index contributed by atoms with van der Waals surface area (Å²) in [6, 6.07) is 0.659. The van der Waals surface area contributed by atoms with Crippen LogP contribution < -0.4 is 5.32 Å². The highest BCUT2D eigenvalue weighted by atomic mass is 79.9. The van der Waals surface area contributed by atoms with Crippen LogP contribution in [-0.4, -0.2) is 47.9 Å². The van der Waals surface area contributed by atoms with E-state index < -0.39 is 0 Å². The lowest BCUT2D eigenvalue weighted by Gasteiger charge is -2.22. The molecule has 2 atom stereocenters. The van der Waals surface area contributed by atoms with Gasteiger partial charge < -0.3 is 10.2 Å². The molecule has 0 aromatic carbocycles. The molecule has 1 aromatic rings. The van der Waals surface area contributed by atoms with Gasteiger partial charge in [-0.2, -0.15) is 5.10 Å². The van der Waals surface area contributed by atoms with Gasteiger partial charge in [-0.1, -0.05) is 19.8 Å². The van der Waals surface area contributed by atoms with Crippen molar-refractivity contribution in [2.24, 2.45) is 0 Å². The van der Waals surface area contributed by atoms with Crippen molar-refractivity contribution >= 4 is 15.9 Å². The molecule has 0 bridgehead atoms. The first-order valence-electron chi connectivity index (χ1n) is 8.21. The number of nitrogens with zero attached hydrogens (tertiary/aromatic N) is 3. The van der Waals surface area contributed by atoms with Crippen LogP contribution in [0.3, 0.4) is 0 Å². The quantitative estimate of drug-likeness (QED) is 0.794. The zero-order valence-corrected chi connectivity index (χ0v) is 15.2. The Morgan fingerprint density at radius 1 is 1.38 bits per heavy atom. The van der Waals surface area contributed by atoms with E-state index in [9.17, 15) is 0 Å². The molecular formula is C16H29BrN4. The summed E-state index contributed by atoms with van der Waals surface area (Å²) < 4.78 is 3.40. The number of halogens is 1. The van der Waals surface area contributed by atoms with Crippen molar-refractivity contribution in [2.75, 3.05) is 27.2 Å². The maximum Gasteiger partial charge on any atom is 0.0635 e. The molecule has 1 aliphatic rings. The van der Waals surface area contributed by atoms with Crippen molar-refractivity contribution in [2.45, 2.75) is 57.5 Å². The molecule has 21 heavy (non-hydrogen) atoms. The molecule has 0 saturated heterocycles. The predicted octanol–water partition coefficient (Wildman–Crippen LogP) is 3.23. The van der Waals surface area contributed by atoms with Gasteiger partial charge in [-0.25, -0.2) is 0 Å². The van der Waals surface area contributed by atoms with Crippen LogP contribution in [0.4, 0.5) is 0 Å². The fourth-order valence-electron chi connectivity index (χ4n) is 3.33. The minimum atomic E-state index is 0.621. The SMILES string of the molecule is CCNC1CCCCC(c2c(Br)cnn2CCN(C)C)C1. The molecule has 2 rings (SSSR count). The lowest BCUT2D eigenvalue weighted by atomic mass is 9.94. The van der Waals surface area contributed by atoms with Crippen molar-refractivity contribution in [3.63, 3.8) is 0 Å². The van der Waals surface area contributed by atoms with Crippen molar-refractivity contribution in [1.29, 1.82) is 0 Å². The fourth-order valence-corrected chi connectivity index (χ4v) is 3.95. The van der Waals surface area contributed by atoms with E-state index in [1.54, 1.807) is 0 Å². The van der Waals surface area contributed by atoms with E-state index in [0.29, 0.717) is 12.0 Å². The normalized spacial score (nSPS) is 23.5. The maximum atomic E-state index is 4.59.